The van der Waals surface area contributed by atoms with Gasteiger partial charge in [-0.2, -0.15) is 0 Å². The minimum Gasteiger partial charge on any atom is -0.295 e. The van der Waals surface area contributed by atoms with Gasteiger partial charge in [0.05, 0.1) is 18.1 Å². The number of hydrogen-bond donors (Lipinski definition) is 0. The van der Waals surface area contributed by atoms with E-state index in [-0.39, 0.29) is 17.6 Å². The van der Waals surface area contributed by atoms with Crippen LogP contribution >= 0.6 is 11.8 Å². The lowest BCUT2D eigenvalue weighted by Crippen LogP contribution is -2.51. The molecule has 0 unspecified atom stereocenters. The number of amides is 2. The second-order valence-electron chi connectivity index (χ2n) is 7.89. The first-order valence-electron chi connectivity index (χ1n) is 10.3. The first-order chi connectivity index (χ1) is 15.1. The van der Waals surface area contributed by atoms with Gasteiger partial charge in [-0.05, 0) is 30.8 Å². The second-order valence-corrected chi connectivity index (χ2v) is 9.06. The molecule has 5 rings (SSSR count). The summed E-state index contributed by atoms with van der Waals surface area (Å²) in [5, 5.41) is 0. The van der Waals surface area contributed by atoms with E-state index < -0.39 is 4.87 Å². The molecule has 156 valence electrons. The van der Waals surface area contributed by atoms with E-state index >= 15 is 0 Å². The summed E-state index contributed by atoms with van der Waals surface area (Å²) in [5.74, 6) is 0.176. The summed E-state index contributed by atoms with van der Waals surface area (Å²) >= 11 is 1.42. The lowest BCUT2D eigenvalue weighted by molar-refractivity contribution is -0.123. The molecule has 31 heavy (non-hydrogen) atoms. The van der Waals surface area contributed by atoms with Crippen LogP contribution in [0.5, 0.6) is 0 Å². The largest absolute Gasteiger partial charge is 0.295 e. The molecule has 0 bridgehead atoms. The zero-order valence-electron chi connectivity index (χ0n) is 17.3. The zero-order valence-corrected chi connectivity index (χ0v) is 18.1. The van der Waals surface area contributed by atoms with Crippen LogP contribution in [0.3, 0.4) is 0 Å². The molecule has 6 heteroatoms. The van der Waals surface area contributed by atoms with Gasteiger partial charge in [-0.25, -0.2) is 0 Å². The minimum atomic E-state index is -1.05. The Hall–Kier alpha value is -3.09. The van der Waals surface area contributed by atoms with Crippen molar-refractivity contribution >= 4 is 35.0 Å². The number of anilines is 2. The Morgan fingerprint density at radius 1 is 0.903 bits per heavy atom. The van der Waals surface area contributed by atoms with Crippen LogP contribution in [0.1, 0.15) is 11.1 Å². The predicted octanol–water partition coefficient (Wildman–Crippen LogP) is 4.06. The van der Waals surface area contributed by atoms with Crippen LogP contribution in [0, 0.1) is 0 Å². The molecule has 2 aliphatic rings. The first-order valence-corrected chi connectivity index (χ1v) is 11.3. The highest BCUT2D eigenvalue weighted by molar-refractivity contribution is 8.02. The lowest BCUT2D eigenvalue weighted by Gasteiger charge is -2.33. The molecule has 1 spiro atoms. The Labute approximate surface area is 186 Å². The highest BCUT2D eigenvalue weighted by Crippen LogP contribution is 2.55. The number of carbonyl (C=O) groups excluding carboxylic acids is 2. The molecular weight excluding hydrogens is 406 g/mol. The van der Waals surface area contributed by atoms with E-state index in [2.05, 4.69) is 17.0 Å². The van der Waals surface area contributed by atoms with Gasteiger partial charge in [0.2, 0.25) is 10.8 Å². The molecule has 2 heterocycles. The SMILES string of the molecule is CN(Cc1ccccc1)CN1C(=O)[C@@]2(SCC(=O)N2c2ccccc2)c2ccccc21. The fourth-order valence-corrected chi connectivity index (χ4v) is 5.82. The molecule has 3 aromatic carbocycles. The molecule has 0 saturated carbocycles. The molecule has 0 aliphatic carbocycles. The van der Waals surface area contributed by atoms with E-state index in [4.69, 9.17) is 0 Å². The number of nitrogens with zero attached hydrogens (tertiary/aromatic N) is 3. The van der Waals surface area contributed by atoms with Crippen molar-refractivity contribution in [3.05, 3.63) is 96.1 Å². The number of benzene rings is 3. The van der Waals surface area contributed by atoms with E-state index in [1.54, 1.807) is 4.90 Å². The van der Waals surface area contributed by atoms with Crippen molar-refractivity contribution in [3.8, 4) is 0 Å². The molecule has 0 aromatic heterocycles. The van der Waals surface area contributed by atoms with Crippen molar-refractivity contribution < 1.29 is 9.59 Å². The summed E-state index contributed by atoms with van der Waals surface area (Å²) < 4.78 is 0. The minimum absolute atomic E-state index is 0.0427. The average molecular weight is 430 g/mol. The number of hydrogen-bond acceptors (Lipinski definition) is 4. The molecule has 0 N–H and O–H groups in total. The molecule has 1 atom stereocenters. The third-order valence-electron chi connectivity index (χ3n) is 5.76. The van der Waals surface area contributed by atoms with Crippen molar-refractivity contribution in [1.29, 1.82) is 0 Å². The summed E-state index contributed by atoms with van der Waals surface area (Å²) in [6, 6.07) is 27.6. The van der Waals surface area contributed by atoms with E-state index in [0.29, 0.717) is 6.67 Å². The molecule has 5 nitrogen and oxygen atoms in total. The molecule has 1 saturated heterocycles. The fraction of sp³-hybridized carbons (Fsp3) is 0.200. The maximum atomic E-state index is 14.0. The molecule has 0 radical (unpaired) electrons. The summed E-state index contributed by atoms with van der Waals surface area (Å²) in [4.78, 5) is 31.6. The Balaban J connectivity index is 1.52. The molecule has 2 amide bonds. The van der Waals surface area contributed by atoms with Crippen molar-refractivity contribution in [1.82, 2.24) is 4.90 Å². The van der Waals surface area contributed by atoms with Gasteiger partial charge in [0.15, 0.2) is 0 Å². The standard InChI is InChI=1S/C25H23N3O2S/c1-26(16-19-10-4-2-5-11-19)18-27-22-15-9-8-14-21(22)25(24(27)30)28(23(29)17-31-25)20-12-6-3-7-13-20/h2-15H,16-18H2,1H3/t25-/m0/s1. The Morgan fingerprint density at radius 3 is 2.29 bits per heavy atom. The molecular formula is C25H23N3O2S. The number of rotatable bonds is 5. The van der Waals surface area contributed by atoms with Crippen LogP contribution in [-0.4, -0.2) is 36.2 Å². The van der Waals surface area contributed by atoms with E-state index in [0.717, 1.165) is 23.5 Å². The van der Waals surface area contributed by atoms with Crippen molar-refractivity contribution in [2.45, 2.75) is 11.4 Å². The van der Waals surface area contributed by atoms with Crippen molar-refractivity contribution in [2.24, 2.45) is 0 Å². The van der Waals surface area contributed by atoms with Gasteiger partial charge in [-0.3, -0.25) is 24.3 Å². The highest BCUT2D eigenvalue weighted by atomic mass is 32.2. The van der Waals surface area contributed by atoms with Crippen LogP contribution in [0.4, 0.5) is 11.4 Å². The van der Waals surface area contributed by atoms with Gasteiger partial charge in [-0.15, -0.1) is 11.8 Å². The predicted molar refractivity (Wildman–Crippen MR) is 125 cm³/mol. The monoisotopic (exact) mass is 429 g/mol. The molecule has 1 fully saturated rings. The number of thioether (sulfide) groups is 1. The maximum Gasteiger partial charge on any atom is 0.269 e. The van der Waals surface area contributed by atoms with E-state index in [9.17, 15) is 9.59 Å². The number of fused-ring (bicyclic) bond motifs is 2. The fourth-order valence-electron chi connectivity index (χ4n) is 4.46. The normalized spacial score (nSPS) is 20.2. The number of para-hydroxylation sites is 2. The van der Waals surface area contributed by atoms with Crippen molar-refractivity contribution in [2.75, 3.05) is 29.3 Å². The van der Waals surface area contributed by atoms with Crippen LogP contribution in [0.25, 0.3) is 0 Å². The molecule has 2 aliphatic heterocycles. The van der Waals surface area contributed by atoms with Gasteiger partial charge in [-0.1, -0.05) is 66.7 Å². The second kappa shape index (κ2) is 7.87. The number of carbonyl (C=O) groups is 2. The Kier molecular flexibility index (Phi) is 5.04. The summed E-state index contributed by atoms with van der Waals surface area (Å²) in [7, 11) is 2.01. The van der Waals surface area contributed by atoms with Gasteiger partial charge < -0.3 is 0 Å². The topological polar surface area (TPSA) is 43.9 Å². The van der Waals surface area contributed by atoms with E-state index in [1.165, 1.54) is 17.3 Å². The van der Waals surface area contributed by atoms with Gasteiger partial charge in [0.25, 0.3) is 5.91 Å². The van der Waals surface area contributed by atoms with Gasteiger partial charge >= 0.3 is 0 Å². The van der Waals surface area contributed by atoms with Crippen LogP contribution < -0.4 is 9.80 Å². The van der Waals surface area contributed by atoms with Crippen molar-refractivity contribution in [3.63, 3.8) is 0 Å². The summed E-state index contributed by atoms with van der Waals surface area (Å²) in [6.07, 6.45) is 0. The van der Waals surface area contributed by atoms with Crippen LogP contribution in [0.2, 0.25) is 0 Å². The van der Waals surface area contributed by atoms with Gasteiger partial charge in [0, 0.05) is 17.8 Å². The smallest absolute Gasteiger partial charge is 0.269 e. The zero-order chi connectivity index (χ0) is 21.4. The van der Waals surface area contributed by atoms with Gasteiger partial charge in [0.1, 0.15) is 0 Å². The summed E-state index contributed by atoms with van der Waals surface area (Å²) in [6.45, 7) is 1.18. The Bertz CT molecular complexity index is 1120. The lowest BCUT2D eigenvalue weighted by atomic mass is 10.0. The Morgan fingerprint density at radius 2 is 1.55 bits per heavy atom. The highest BCUT2D eigenvalue weighted by Gasteiger charge is 2.60. The quantitative estimate of drug-likeness (QED) is 0.614. The molecule has 3 aromatic rings. The first kappa shape index (κ1) is 19.8. The van der Waals surface area contributed by atoms with Crippen LogP contribution in [-0.2, 0) is 21.0 Å². The average Bonchev–Trinajstić information content (AvgIpc) is 3.26. The summed E-state index contributed by atoms with van der Waals surface area (Å²) in [5.41, 5.74) is 3.69. The van der Waals surface area contributed by atoms with Crippen LogP contribution in [0.15, 0.2) is 84.9 Å². The third kappa shape index (κ3) is 3.23. The van der Waals surface area contributed by atoms with E-state index in [1.807, 2.05) is 84.7 Å². The third-order valence-corrected chi connectivity index (χ3v) is 7.14. The maximum absolute atomic E-state index is 14.0.